The lowest BCUT2D eigenvalue weighted by molar-refractivity contribution is 0.0549. The first kappa shape index (κ1) is 14.0. The Balaban J connectivity index is 2.52. The molecule has 1 unspecified atom stereocenters. The normalized spacial score (nSPS) is 12.8. The zero-order chi connectivity index (χ0) is 12.7. The number of rotatable bonds is 7. The first-order chi connectivity index (χ1) is 8.15. The monoisotopic (exact) mass is 237 g/mol. The van der Waals surface area contributed by atoms with E-state index in [-0.39, 0.29) is 12.1 Å². The van der Waals surface area contributed by atoms with Crippen LogP contribution in [-0.4, -0.2) is 26.4 Å². The second kappa shape index (κ2) is 7.30. The third-order valence-corrected chi connectivity index (χ3v) is 2.61. The van der Waals surface area contributed by atoms with Crippen molar-refractivity contribution in [1.82, 2.24) is 5.32 Å². The van der Waals surface area contributed by atoms with E-state index < -0.39 is 0 Å². The van der Waals surface area contributed by atoms with Crippen LogP contribution in [0.3, 0.4) is 0 Å². The minimum absolute atomic E-state index is 0.255. The maximum Gasteiger partial charge on any atom is 0.124 e. The lowest BCUT2D eigenvalue weighted by Crippen LogP contribution is -2.15. The highest BCUT2D eigenvalue weighted by molar-refractivity contribution is 5.35. The number of benzene rings is 1. The maximum atomic E-state index is 5.75. The van der Waals surface area contributed by atoms with Gasteiger partial charge in [-0.3, -0.25) is 0 Å². The Morgan fingerprint density at radius 3 is 2.47 bits per heavy atom. The SMILES string of the molecule is CNC(C)c1ccccc1OCCOC(C)C. The van der Waals surface area contributed by atoms with Gasteiger partial charge in [-0.1, -0.05) is 18.2 Å². The highest BCUT2D eigenvalue weighted by Crippen LogP contribution is 2.24. The highest BCUT2D eigenvalue weighted by atomic mass is 16.5. The van der Waals surface area contributed by atoms with Crippen LogP contribution in [0.5, 0.6) is 5.75 Å². The Hall–Kier alpha value is -1.06. The summed E-state index contributed by atoms with van der Waals surface area (Å²) in [5.74, 6) is 0.932. The van der Waals surface area contributed by atoms with Crippen molar-refractivity contribution in [2.75, 3.05) is 20.3 Å². The summed E-state index contributed by atoms with van der Waals surface area (Å²) in [7, 11) is 1.95. The Morgan fingerprint density at radius 1 is 1.12 bits per heavy atom. The Morgan fingerprint density at radius 2 is 1.82 bits per heavy atom. The first-order valence-electron chi connectivity index (χ1n) is 6.15. The van der Waals surface area contributed by atoms with Crippen molar-refractivity contribution in [3.63, 3.8) is 0 Å². The Bertz CT molecular complexity index is 326. The van der Waals surface area contributed by atoms with E-state index >= 15 is 0 Å². The number of para-hydroxylation sites is 1. The quantitative estimate of drug-likeness (QED) is 0.740. The van der Waals surface area contributed by atoms with Crippen molar-refractivity contribution >= 4 is 0 Å². The van der Waals surface area contributed by atoms with Crippen LogP contribution in [0.2, 0.25) is 0 Å². The van der Waals surface area contributed by atoms with Gasteiger partial charge in [0.05, 0.1) is 12.7 Å². The van der Waals surface area contributed by atoms with Crippen molar-refractivity contribution in [2.45, 2.75) is 32.9 Å². The molecule has 0 aliphatic heterocycles. The number of nitrogens with one attached hydrogen (secondary N) is 1. The van der Waals surface area contributed by atoms with Gasteiger partial charge in [0, 0.05) is 11.6 Å². The van der Waals surface area contributed by atoms with Crippen LogP contribution in [-0.2, 0) is 4.74 Å². The summed E-state index contributed by atoms with van der Waals surface area (Å²) in [6, 6.07) is 8.39. The van der Waals surface area contributed by atoms with E-state index in [1.807, 2.05) is 39.1 Å². The molecule has 1 atom stereocenters. The van der Waals surface area contributed by atoms with Gasteiger partial charge in [-0.2, -0.15) is 0 Å². The van der Waals surface area contributed by atoms with Crippen molar-refractivity contribution in [3.05, 3.63) is 29.8 Å². The summed E-state index contributed by atoms with van der Waals surface area (Å²) in [5, 5.41) is 3.22. The van der Waals surface area contributed by atoms with Gasteiger partial charge in [0.15, 0.2) is 0 Å². The molecule has 0 amide bonds. The molecular weight excluding hydrogens is 214 g/mol. The van der Waals surface area contributed by atoms with Crippen molar-refractivity contribution in [3.8, 4) is 5.75 Å². The van der Waals surface area contributed by atoms with Crippen LogP contribution in [0.1, 0.15) is 32.4 Å². The molecule has 0 saturated carbocycles. The Labute approximate surface area is 104 Å². The van der Waals surface area contributed by atoms with Gasteiger partial charge in [0.25, 0.3) is 0 Å². The molecule has 0 aliphatic rings. The smallest absolute Gasteiger partial charge is 0.124 e. The molecule has 0 spiro atoms. The third kappa shape index (κ3) is 4.75. The Kier molecular flexibility index (Phi) is 6.01. The van der Waals surface area contributed by atoms with E-state index in [9.17, 15) is 0 Å². The summed E-state index contributed by atoms with van der Waals surface area (Å²) in [6.45, 7) is 7.38. The standard InChI is InChI=1S/C14H23NO2/c1-11(2)16-9-10-17-14-8-6-5-7-13(14)12(3)15-4/h5-8,11-12,15H,9-10H2,1-4H3. The highest BCUT2D eigenvalue weighted by Gasteiger charge is 2.08. The molecule has 0 aromatic heterocycles. The predicted molar refractivity (Wildman–Crippen MR) is 70.5 cm³/mol. The van der Waals surface area contributed by atoms with E-state index in [1.54, 1.807) is 0 Å². The fourth-order valence-corrected chi connectivity index (χ4v) is 1.56. The van der Waals surface area contributed by atoms with E-state index in [4.69, 9.17) is 9.47 Å². The fraction of sp³-hybridized carbons (Fsp3) is 0.571. The second-order valence-electron chi connectivity index (χ2n) is 4.32. The van der Waals surface area contributed by atoms with Crippen LogP contribution in [0, 0.1) is 0 Å². The van der Waals surface area contributed by atoms with Gasteiger partial charge in [0.1, 0.15) is 12.4 Å². The predicted octanol–water partition coefficient (Wildman–Crippen LogP) is 2.77. The van der Waals surface area contributed by atoms with Crippen LogP contribution in [0.4, 0.5) is 0 Å². The molecule has 3 heteroatoms. The van der Waals surface area contributed by atoms with Gasteiger partial charge in [0.2, 0.25) is 0 Å². The summed E-state index contributed by atoms with van der Waals surface area (Å²) >= 11 is 0. The molecule has 0 radical (unpaired) electrons. The number of hydrogen-bond acceptors (Lipinski definition) is 3. The first-order valence-corrected chi connectivity index (χ1v) is 6.15. The third-order valence-electron chi connectivity index (χ3n) is 2.61. The maximum absolute atomic E-state index is 5.75. The fourth-order valence-electron chi connectivity index (χ4n) is 1.56. The molecule has 1 aromatic carbocycles. The summed E-state index contributed by atoms with van der Waals surface area (Å²) in [6.07, 6.45) is 0.255. The zero-order valence-corrected chi connectivity index (χ0v) is 11.2. The molecule has 1 N–H and O–H groups in total. The summed E-state index contributed by atoms with van der Waals surface area (Å²) in [5.41, 5.74) is 1.18. The van der Waals surface area contributed by atoms with Gasteiger partial charge < -0.3 is 14.8 Å². The van der Waals surface area contributed by atoms with E-state index in [2.05, 4.69) is 18.3 Å². The molecule has 17 heavy (non-hydrogen) atoms. The summed E-state index contributed by atoms with van der Waals surface area (Å²) < 4.78 is 11.2. The van der Waals surface area contributed by atoms with Crippen molar-refractivity contribution in [2.24, 2.45) is 0 Å². The molecule has 1 rings (SSSR count). The molecule has 0 fully saturated rings. The number of hydrogen-bond donors (Lipinski definition) is 1. The van der Waals surface area contributed by atoms with Gasteiger partial charge in [-0.25, -0.2) is 0 Å². The van der Waals surface area contributed by atoms with E-state index in [1.165, 1.54) is 5.56 Å². The van der Waals surface area contributed by atoms with Gasteiger partial charge in [-0.05, 0) is 33.9 Å². The van der Waals surface area contributed by atoms with Crippen LogP contribution in [0.25, 0.3) is 0 Å². The van der Waals surface area contributed by atoms with E-state index in [0.29, 0.717) is 13.2 Å². The largest absolute Gasteiger partial charge is 0.491 e. The van der Waals surface area contributed by atoms with E-state index in [0.717, 1.165) is 5.75 Å². The lowest BCUT2D eigenvalue weighted by atomic mass is 10.1. The molecule has 96 valence electrons. The van der Waals surface area contributed by atoms with Crippen molar-refractivity contribution < 1.29 is 9.47 Å². The van der Waals surface area contributed by atoms with Crippen LogP contribution >= 0.6 is 0 Å². The average molecular weight is 237 g/mol. The molecular formula is C14H23NO2. The minimum atomic E-state index is 0.255. The molecule has 3 nitrogen and oxygen atoms in total. The topological polar surface area (TPSA) is 30.5 Å². The molecule has 0 bridgehead atoms. The van der Waals surface area contributed by atoms with Crippen LogP contribution in [0.15, 0.2) is 24.3 Å². The summed E-state index contributed by atoms with van der Waals surface area (Å²) in [4.78, 5) is 0. The lowest BCUT2D eigenvalue weighted by Gasteiger charge is -2.16. The minimum Gasteiger partial charge on any atom is -0.491 e. The van der Waals surface area contributed by atoms with Gasteiger partial charge >= 0.3 is 0 Å². The molecule has 1 aromatic rings. The molecule has 0 heterocycles. The molecule has 0 saturated heterocycles. The molecule has 0 aliphatic carbocycles. The second-order valence-corrected chi connectivity index (χ2v) is 4.32. The zero-order valence-electron chi connectivity index (χ0n) is 11.2. The number of ether oxygens (including phenoxy) is 2. The van der Waals surface area contributed by atoms with Gasteiger partial charge in [-0.15, -0.1) is 0 Å². The van der Waals surface area contributed by atoms with Crippen molar-refractivity contribution in [1.29, 1.82) is 0 Å². The average Bonchev–Trinajstić information content (AvgIpc) is 2.34. The van der Waals surface area contributed by atoms with Crippen LogP contribution < -0.4 is 10.1 Å².